The first-order valence-electron chi connectivity index (χ1n) is 6.79. The molecule has 1 aromatic carbocycles. The molecule has 1 aromatic rings. The molecule has 1 N–H and O–H groups in total. The van der Waals surface area contributed by atoms with Crippen molar-refractivity contribution in [1.82, 2.24) is 4.90 Å². The van der Waals surface area contributed by atoms with Crippen molar-refractivity contribution < 1.29 is 5.11 Å². The fraction of sp³-hybridized carbons (Fsp3) is 0.600. The van der Waals surface area contributed by atoms with Crippen LogP contribution in [0.3, 0.4) is 0 Å². The Morgan fingerprint density at radius 3 is 2.53 bits per heavy atom. The van der Waals surface area contributed by atoms with Crippen molar-refractivity contribution in [3.8, 4) is 0 Å². The smallest absolute Gasteiger partial charge is 0.0762 e. The van der Waals surface area contributed by atoms with Crippen LogP contribution in [0.1, 0.15) is 25.5 Å². The molecule has 0 amide bonds. The van der Waals surface area contributed by atoms with E-state index in [2.05, 4.69) is 30.8 Å². The maximum absolute atomic E-state index is 9.58. The van der Waals surface area contributed by atoms with Crippen molar-refractivity contribution in [2.24, 2.45) is 5.92 Å². The lowest BCUT2D eigenvalue weighted by atomic mass is 10.1. The molecule has 3 atom stereocenters. The van der Waals surface area contributed by atoms with Gasteiger partial charge in [0.25, 0.3) is 0 Å². The second kappa shape index (κ2) is 5.70. The normalized spacial score (nSPS) is 25.1. The molecule has 0 saturated carbocycles. The van der Waals surface area contributed by atoms with Crippen molar-refractivity contribution in [3.63, 3.8) is 0 Å². The number of nitrogens with zero attached hydrogens (tertiary/aromatic N) is 2. The van der Waals surface area contributed by atoms with Gasteiger partial charge in [-0.05, 0) is 44.6 Å². The van der Waals surface area contributed by atoms with Gasteiger partial charge in [-0.2, -0.15) is 0 Å². The maximum Gasteiger partial charge on any atom is 0.0762 e. The molecule has 2 unspecified atom stereocenters. The average molecular weight is 283 g/mol. The Labute approximate surface area is 120 Å². The second-order valence-electron chi connectivity index (χ2n) is 5.80. The predicted molar refractivity (Wildman–Crippen MR) is 80.9 cm³/mol. The molecule has 0 aromatic heterocycles. The zero-order valence-corrected chi connectivity index (χ0v) is 12.9. The van der Waals surface area contributed by atoms with E-state index in [1.54, 1.807) is 6.92 Å². The second-order valence-corrected chi connectivity index (χ2v) is 6.21. The van der Waals surface area contributed by atoms with Crippen molar-refractivity contribution in [1.29, 1.82) is 0 Å². The number of hydrogen-bond donors (Lipinski definition) is 1. The Hall–Kier alpha value is -0.770. The van der Waals surface area contributed by atoms with Crippen LogP contribution < -0.4 is 4.90 Å². The van der Waals surface area contributed by atoms with Gasteiger partial charge < -0.3 is 14.9 Å². The number of halogens is 1. The van der Waals surface area contributed by atoms with Crippen molar-refractivity contribution >= 4 is 17.3 Å². The van der Waals surface area contributed by atoms with Crippen LogP contribution in [-0.4, -0.2) is 43.2 Å². The lowest BCUT2D eigenvalue weighted by molar-refractivity contribution is 0.199. The van der Waals surface area contributed by atoms with Crippen LogP contribution in [0, 0.1) is 5.92 Å². The highest BCUT2D eigenvalue weighted by molar-refractivity contribution is 6.33. The van der Waals surface area contributed by atoms with Crippen molar-refractivity contribution in [3.05, 3.63) is 28.8 Å². The third kappa shape index (κ3) is 3.04. The first kappa shape index (κ1) is 14.6. The molecule has 106 valence electrons. The molecule has 0 radical (unpaired) electrons. The SMILES string of the molecule is CC1CN(c2ccc([C@H](C)O)cc2Cl)CC1N(C)C. The summed E-state index contributed by atoms with van der Waals surface area (Å²) in [5, 5.41) is 10.3. The zero-order chi connectivity index (χ0) is 14.2. The number of benzene rings is 1. The van der Waals surface area contributed by atoms with Gasteiger partial charge in [-0.1, -0.05) is 24.6 Å². The molecule has 2 rings (SSSR count). The molecule has 4 heteroatoms. The maximum atomic E-state index is 9.58. The first-order chi connectivity index (χ1) is 8.90. The highest BCUT2D eigenvalue weighted by Crippen LogP contribution is 2.33. The summed E-state index contributed by atoms with van der Waals surface area (Å²) in [4.78, 5) is 4.62. The van der Waals surface area contributed by atoms with E-state index >= 15 is 0 Å². The first-order valence-corrected chi connectivity index (χ1v) is 7.17. The largest absolute Gasteiger partial charge is 0.389 e. The topological polar surface area (TPSA) is 26.7 Å². The summed E-state index contributed by atoms with van der Waals surface area (Å²) in [5.41, 5.74) is 1.94. The highest BCUT2D eigenvalue weighted by Gasteiger charge is 2.31. The van der Waals surface area contributed by atoms with Gasteiger partial charge in [0, 0.05) is 19.1 Å². The zero-order valence-electron chi connectivity index (χ0n) is 12.1. The van der Waals surface area contributed by atoms with E-state index in [0.29, 0.717) is 12.0 Å². The molecular formula is C15H23ClN2O. The summed E-state index contributed by atoms with van der Waals surface area (Å²) < 4.78 is 0. The standard InChI is InChI=1S/C15H23ClN2O/c1-10-8-18(9-15(10)17(3)4)14-6-5-12(11(2)19)7-13(14)16/h5-7,10-11,15,19H,8-9H2,1-4H3/t10?,11-,15?/m0/s1. The minimum Gasteiger partial charge on any atom is -0.389 e. The van der Waals surface area contributed by atoms with Gasteiger partial charge in [0.2, 0.25) is 0 Å². The van der Waals surface area contributed by atoms with Gasteiger partial charge in [-0.15, -0.1) is 0 Å². The molecule has 1 fully saturated rings. The highest BCUT2D eigenvalue weighted by atomic mass is 35.5. The third-order valence-electron chi connectivity index (χ3n) is 4.03. The van der Waals surface area contributed by atoms with Gasteiger partial charge in [0.05, 0.1) is 16.8 Å². The van der Waals surface area contributed by atoms with Gasteiger partial charge in [0.1, 0.15) is 0 Å². The Balaban J connectivity index is 2.20. The minimum atomic E-state index is -0.474. The van der Waals surface area contributed by atoms with Crippen LogP contribution in [0.5, 0.6) is 0 Å². The molecule has 0 spiro atoms. The van der Waals surface area contributed by atoms with E-state index < -0.39 is 6.10 Å². The fourth-order valence-corrected chi connectivity index (χ4v) is 3.17. The van der Waals surface area contributed by atoms with Crippen LogP contribution in [0.4, 0.5) is 5.69 Å². The Morgan fingerprint density at radius 1 is 1.37 bits per heavy atom. The minimum absolute atomic E-state index is 0.474. The lowest BCUT2D eigenvalue weighted by Crippen LogP contribution is -2.34. The molecule has 0 bridgehead atoms. The number of rotatable bonds is 3. The Morgan fingerprint density at radius 2 is 2.05 bits per heavy atom. The van der Waals surface area contributed by atoms with Crippen LogP contribution >= 0.6 is 11.6 Å². The molecule has 1 aliphatic rings. The molecular weight excluding hydrogens is 260 g/mol. The van der Waals surface area contributed by atoms with Crippen LogP contribution in [-0.2, 0) is 0 Å². The van der Waals surface area contributed by atoms with E-state index in [1.165, 1.54) is 0 Å². The van der Waals surface area contributed by atoms with Crippen molar-refractivity contribution in [2.45, 2.75) is 26.0 Å². The quantitative estimate of drug-likeness (QED) is 0.923. The van der Waals surface area contributed by atoms with E-state index in [9.17, 15) is 5.11 Å². The number of hydrogen-bond acceptors (Lipinski definition) is 3. The fourth-order valence-electron chi connectivity index (χ4n) is 2.86. The van der Waals surface area contributed by atoms with Crippen LogP contribution in [0.25, 0.3) is 0 Å². The van der Waals surface area contributed by atoms with Gasteiger partial charge in [0.15, 0.2) is 0 Å². The van der Waals surface area contributed by atoms with Gasteiger partial charge in [-0.25, -0.2) is 0 Å². The summed E-state index contributed by atoms with van der Waals surface area (Å²) in [6.07, 6.45) is -0.474. The number of aliphatic hydroxyl groups is 1. The molecule has 1 heterocycles. The van der Waals surface area contributed by atoms with Crippen LogP contribution in [0.15, 0.2) is 18.2 Å². The summed E-state index contributed by atoms with van der Waals surface area (Å²) in [6.45, 7) is 6.06. The lowest BCUT2D eigenvalue weighted by Gasteiger charge is -2.23. The third-order valence-corrected chi connectivity index (χ3v) is 4.33. The Bertz CT molecular complexity index is 448. The molecule has 1 saturated heterocycles. The monoisotopic (exact) mass is 282 g/mol. The van der Waals surface area contributed by atoms with Gasteiger partial charge >= 0.3 is 0 Å². The van der Waals surface area contributed by atoms with Gasteiger partial charge in [-0.3, -0.25) is 0 Å². The summed E-state index contributed by atoms with van der Waals surface area (Å²) in [7, 11) is 4.26. The molecule has 3 nitrogen and oxygen atoms in total. The molecule has 0 aliphatic carbocycles. The van der Waals surface area contributed by atoms with Crippen molar-refractivity contribution in [2.75, 3.05) is 32.1 Å². The van der Waals surface area contributed by atoms with E-state index in [-0.39, 0.29) is 0 Å². The van der Waals surface area contributed by atoms with E-state index in [1.807, 2.05) is 18.2 Å². The molecule has 19 heavy (non-hydrogen) atoms. The van der Waals surface area contributed by atoms with Crippen LogP contribution in [0.2, 0.25) is 5.02 Å². The predicted octanol–water partition coefficient (Wildman–Crippen LogP) is 2.78. The number of likely N-dealkylation sites (N-methyl/N-ethyl adjacent to an activating group) is 1. The number of anilines is 1. The molecule has 1 aliphatic heterocycles. The van der Waals surface area contributed by atoms with E-state index in [0.717, 1.165) is 29.4 Å². The number of aliphatic hydroxyl groups excluding tert-OH is 1. The summed E-state index contributed by atoms with van der Waals surface area (Å²) >= 11 is 6.36. The Kier molecular flexibility index (Phi) is 4.39. The summed E-state index contributed by atoms with van der Waals surface area (Å²) in [5.74, 6) is 0.627. The summed E-state index contributed by atoms with van der Waals surface area (Å²) in [6, 6.07) is 6.41. The average Bonchev–Trinajstić information content (AvgIpc) is 2.71. The van der Waals surface area contributed by atoms with E-state index in [4.69, 9.17) is 11.6 Å².